The highest BCUT2D eigenvalue weighted by molar-refractivity contribution is 5.89. The first-order chi connectivity index (χ1) is 13.1. The van der Waals surface area contributed by atoms with Gasteiger partial charge in [0.15, 0.2) is 6.61 Å². The lowest BCUT2D eigenvalue weighted by Gasteiger charge is -2.16. The van der Waals surface area contributed by atoms with Gasteiger partial charge in [-0.1, -0.05) is 29.8 Å². The molecule has 0 aromatic heterocycles. The monoisotopic (exact) mass is 367 g/mol. The molecule has 2 aromatic rings. The molecule has 0 atom stereocenters. The number of likely N-dealkylation sites (tertiary alicyclic amines) is 1. The molecule has 0 spiro atoms. The molecule has 0 radical (unpaired) electrons. The molecule has 3 rings (SSSR count). The van der Waals surface area contributed by atoms with Gasteiger partial charge in [-0.05, 0) is 49.6 Å². The van der Waals surface area contributed by atoms with Crippen LogP contribution in [0.4, 0.5) is 10.5 Å². The van der Waals surface area contributed by atoms with E-state index < -0.39 is 0 Å². The summed E-state index contributed by atoms with van der Waals surface area (Å²) < 4.78 is 5.47. The molecule has 1 aliphatic rings. The maximum atomic E-state index is 12.2. The van der Waals surface area contributed by atoms with Crippen LogP contribution in [0.25, 0.3) is 0 Å². The SMILES string of the molecule is Cc1ccc(OCC(=O)NCc2cccc(NC(=O)N3CCCC3)c2)cc1. The van der Waals surface area contributed by atoms with Crippen LogP contribution in [0.15, 0.2) is 48.5 Å². The predicted octanol–water partition coefficient (Wildman–Crippen LogP) is 3.32. The summed E-state index contributed by atoms with van der Waals surface area (Å²) >= 11 is 0. The third-order valence-corrected chi connectivity index (χ3v) is 4.45. The van der Waals surface area contributed by atoms with E-state index in [2.05, 4.69) is 10.6 Å². The topological polar surface area (TPSA) is 70.7 Å². The Morgan fingerprint density at radius 2 is 1.81 bits per heavy atom. The summed E-state index contributed by atoms with van der Waals surface area (Å²) in [4.78, 5) is 26.0. The van der Waals surface area contributed by atoms with Crippen LogP contribution in [0, 0.1) is 6.92 Å². The summed E-state index contributed by atoms with van der Waals surface area (Å²) in [7, 11) is 0. The number of benzene rings is 2. The molecule has 27 heavy (non-hydrogen) atoms. The average molecular weight is 367 g/mol. The minimum absolute atomic E-state index is 0.0333. The molecule has 0 unspecified atom stereocenters. The second-order valence-corrected chi connectivity index (χ2v) is 6.70. The summed E-state index contributed by atoms with van der Waals surface area (Å²) in [6.07, 6.45) is 2.12. The van der Waals surface area contributed by atoms with Gasteiger partial charge in [0.1, 0.15) is 5.75 Å². The number of nitrogens with one attached hydrogen (secondary N) is 2. The number of carbonyl (C=O) groups is 2. The fourth-order valence-corrected chi connectivity index (χ4v) is 2.92. The van der Waals surface area contributed by atoms with E-state index in [1.807, 2.05) is 60.4 Å². The molecule has 3 amide bonds. The fourth-order valence-electron chi connectivity index (χ4n) is 2.92. The van der Waals surface area contributed by atoms with E-state index in [-0.39, 0.29) is 18.5 Å². The fraction of sp³-hybridized carbons (Fsp3) is 0.333. The maximum Gasteiger partial charge on any atom is 0.321 e. The standard InChI is InChI=1S/C21H25N3O3/c1-16-7-9-19(10-8-16)27-15-20(25)22-14-17-5-4-6-18(13-17)23-21(26)24-11-2-3-12-24/h4-10,13H,2-3,11-12,14-15H2,1H3,(H,22,25)(H,23,26). The molecule has 142 valence electrons. The molecule has 0 saturated carbocycles. The normalized spacial score (nSPS) is 13.3. The van der Waals surface area contributed by atoms with Crippen LogP contribution in [0.3, 0.4) is 0 Å². The highest BCUT2D eigenvalue weighted by Crippen LogP contribution is 2.14. The molecule has 1 aliphatic heterocycles. The smallest absolute Gasteiger partial charge is 0.321 e. The molecule has 0 bridgehead atoms. The van der Waals surface area contributed by atoms with Crippen molar-refractivity contribution in [3.05, 3.63) is 59.7 Å². The Morgan fingerprint density at radius 3 is 2.56 bits per heavy atom. The Kier molecular flexibility index (Phi) is 6.30. The van der Waals surface area contributed by atoms with E-state index in [4.69, 9.17) is 4.74 Å². The number of carbonyl (C=O) groups excluding carboxylic acids is 2. The van der Waals surface area contributed by atoms with Gasteiger partial charge in [0.2, 0.25) is 0 Å². The summed E-state index contributed by atoms with van der Waals surface area (Å²) in [6, 6.07) is 15.0. The van der Waals surface area contributed by atoms with Gasteiger partial charge in [0, 0.05) is 25.3 Å². The van der Waals surface area contributed by atoms with Crippen LogP contribution in [-0.4, -0.2) is 36.5 Å². The molecular formula is C21H25N3O3. The number of aryl methyl sites for hydroxylation is 1. The van der Waals surface area contributed by atoms with Gasteiger partial charge in [-0.2, -0.15) is 0 Å². The minimum Gasteiger partial charge on any atom is -0.484 e. The number of hydrogen-bond acceptors (Lipinski definition) is 3. The quantitative estimate of drug-likeness (QED) is 0.823. The van der Waals surface area contributed by atoms with E-state index in [1.165, 1.54) is 0 Å². The molecule has 1 saturated heterocycles. The third-order valence-electron chi connectivity index (χ3n) is 4.45. The van der Waals surface area contributed by atoms with E-state index in [9.17, 15) is 9.59 Å². The molecule has 1 fully saturated rings. The molecule has 6 heteroatoms. The lowest BCUT2D eigenvalue weighted by atomic mass is 10.2. The minimum atomic E-state index is -0.193. The number of anilines is 1. The van der Waals surface area contributed by atoms with E-state index in [0.29, 0.717) is 12.3 Å². The van der Waals surface area contributed by atoms with Crippen LogP contribution in [-0.2, 0) is 11.3 Å². The lowest BCUT2D eigenvalue weighted by molar-refractivity contribution is -0.123. The first-order valence-electron chi connectivity index (χ1n) is 9.21. The Morgan fingerprint density at radius 1 is 1.07 bits per heavy atom. The van der Waals surface area contributed by atoms with Crippen molar-refractivity contribution in [1.82, 2.24) is 10.2 Å². The Balaban J connectivity index is 1.45. The van der Waals surface area contributed by atoms with Gasteiger partial charge in [0.25, 0.3) is 5.91 Å². The van der Waals surface area contributed by atoms with E-state index in [0.717, 1.165) is 42.7 Å². The zero-order chi connectivity index (χ0) is 19.1. The highest BCUT2D eigenvalue weighted by atomic mass is 16.5. The van der Waals surface area contributed by atoms with Crippen molar-refractivity contribution < 1.29 is 14.3 Å². The van der Waals surface area contributed by atoms with Crippen molar-refractivity contribution in [3.8, 4) is 5.75 Å². The highest BCUT2D eigenvalue weighted by Gasteiger charge is 2.17. The van der Waals surface area contributed by atoms with Gasteiger partial charge in [-0.15, -0.1) is 0 Å². The lowest BCUT2D eigenvalue weighted by Crippen LogP contribution is -2.32. The summed E-state index contributed by atoms with van der Waals surface area (Å²) in [5.74, 6) is 0.476. The van der Waals surface area contributed by atoms with Crippen LogP contribution in [0.1, 0.15) is 24.0 Å². The molecule has 0 aliphatic carbocycles. The number of urea groups is 1. The number of rotatable bonds is 6. The van der Waals surface area contributed by atoms with Crippen molar-refractivity contribution in [2.24, 2.45) is 0 Å². The van der Waals surface area contributed by atoms with Gasteiger partial charge in [0.05, 0.1) is 0 Å². The summed E-state index contributed by atoms with van der Waals surface area (Å²) in [5.41, 5.74) is 2.79. The zero-order valence-electron chi connectivity index (χ0n) is 15.5. The van der Waals surface area contributed by atoms with Crippen molar-refractivity contribution >= 4 is 17.6 Å². The van der Waals surface area contributed by atoms with Crippen LogP contribution in [0.5, 0.6) is 5.75 Å². The number of amides is 3. The predicted molar refractivity (Wildman–Crippen MR) is 105 cm³/mol. The first-order valence-corrected chi connectivity index (χ1v) is 9.21. The van der Waals surface area contributed by atoms with Crippen LogP contribution >= 0.6 is 0 Å². The Hall–Kier alpha value is -3.02. The summed E-state index contributed by atoms with van der Waals surface area (Å²) in [6.45, 7) is 3.96. The second-order valence-electron chi connectivity index (χ2n) is 6.70. The van der Waals surface area contributed by atoms with Crippen LogP contribution < -0.4 is 15.4 Å². The van der Waals surface area contributed by atoms with Gasteiger partial charge in [-0.25, -0.2) is 4.79 Å². The van der Waals surface area contributed by atoms with Gasteiger partial charge in [-0.3, -0.25) is 4.79 Å². The van der Waals surface area contributed by atoms with E-state index >= 15 is 0 Å². The molecule has 1 heterocycles. The van der Waals surface area contributed by atoms with Crippen molar-refractivity contribution in [2.45, 2.75) is 26.3 Å². The number of ether oxygens (including phenoxy) is 1. The average Bonchev–Trinajstić information content (AvgIpc) is 3.21. The number of nitrogens with zero attached hydrogens (tertiary/aromatic N) is 1. The van der Waals surface area contributed by atoms with Crippen LogP contribution in [0.2, 0.25) is 0 Å². The molecule has 6 nitrogen and oxygen atoms in total. The Bertz CT molecular complexity index is 784. The van der Waals surface area contributed by atoms with Crippen molar-refractivity contribution in [3.63, 3.8) is 0 Å². The maximum absolute atomic E-state index is 12.2. The molecular weight excluding hydrogens is 342 g/mol. The van der Waals surface area contributed by atoms with Crippen molar-refractivity contribution in [1.29, 1.82) is 0 Å². The molecule has 2 aromatic carbocycles. The Labute approximate surface area is 159 Å². The summed E-state index contributed by atoms with van der Waals surface area (Å²) in [5, 5.41) is 5.74. The third kappa shape index (κ3) is 5.74. The largest absolute Gasteiger partial charge is 0.484 e. The molecule has 2 N–H and O–H groups in total. The van der Waals surface area contributed by atoms with Gasteiger partial charge < -0.3 is 20.3 Å². The second kappa shape index (κ2) is 9.07. The first kappa shape index (κ1) is 18.8. The van der Waals surface area contributed by atoms with E-state index in [1.54, 1.807) is 0 Å². The zero-order valence-corrected chi connectivity index (χ0v) is 15.5. The van der Waals surface area contributed by atoms with Crippen molar-refractivity contribution in [2.75, 3.05) is 25.0 Å². The number of hydrogen-bond donors (Lipinski definition) is 2. The van der Waals surface area contributed by atoms with Gasteiger partial charge >= 0.3 is 6.03 Å².